The van der Waals surface area contributed by atoms with E-state index in [1.165, 1.54) is 18.2 Å². The highest BCUT2D eigenvalue weighted by Gasteiger charge is 2.28. The highest BCUT2D eigenvalue weighted by molar-refractivity contribution is 5.91. The van der Waals surface area contributed by atoms with Crippen LogP contribution in [0.1, 0.15) is 64.7 Å². The second-order valence-electron chi connectivity index (χ2n) is 9.38. The van der Waals surface area contributed by atoms with Crippen molar-refractivity contribution in [1.82, 2.24) is 4.90 Å². The van der Waals surface area contributed by atoms with Crippen LogP contribution in [0.15, 0.2) is 18.2 Å². The van der Waals surface area contributed by atoms with Crippen LogP contribution in [-0.4, -0.2) is 52.2 Å². The molecule has 1 heterocycles. The first kappa shape index (κ1) is 23.4. The summed E-state index contributed by atoms with van der Waals surface area (Å²) in [6.45, 7) is 11.7. The molecule has 0 aromatic heterocycles. The number of likely N-dealkylation sites (tertiary alicyclic amines) is 1. The SMILES string of the molecule is CC(C)(C)OC(=O)c1ccc(NC2CCN(C(=O)OC(C)(C)C)CC2)c([N+](=O)[O-])c1. The van der Waals surface area contributed by atoms with Gasteiger partial charge in [0.05, 0.1) is 10.5 Å². The van der Waals surface area contributed by atoms with Gasteiger partial charge in [0, 0.05) is 25.2 Å². The smallest absolute Gasteiger partial charge is 0.410 e. The van der Waals surface area contributed by atoms with Gasteiger partial charge in [-0.1, -0.05) is 0 Å². The summed E-state index contributed by atoms with van der Waals surface area (Å²) < 4.78 is 10.7. The molecular formula is C21H31N3O6. The Bertz CT molecular complexity index is 802. The average molecular weight is 421 g/mol. The Morgan fingerprint density at radius 1 is 1.07 bits per heavy atom. The number of nitro groups is 1. The van der Waals surface area contributed by atoms with Crippen LogP contribution in [0.5, 0.6) is 0 Å². The third kappa shape index (κ3) is 6.89. The zero-order valence-corrected chi connectivity index (χ0v) is 18.5. The number of esters is 1. The third-order valence-electron chi connectivity index (χ3n) is 4.34. The quantitative estimate of drug-likeness (QED) is 0.437. The first-order valence-electron chi connectivity index (χ1n) is 10.0. The number of ether oxygens (including phenoxy) is 2. The van der Waals surface area contributed by atoms with Gasteiger partial charge in [-0.15, -0.1) is 0 Å². The van der Waals surface area contributed by atoms with Crippen molar-refractivity contribution in [3.63, 3.8) is 0 Å². The molecule has 0 spiro atoms. The van der Waals surface area contributed by atoms with Gasteiger partial charge in [0.15, 0.2) is 0 Å². The zero-order valence-electron chi connectivity index (χ0n) is 18.5. The molecule has 1 aliphatic rings. The van der Waals surface area contributed by atoms with E-state index in [9.17, 15) is 19.7 Å². The van der Waals surface area contributed by atoms with E-state index in [4.69, 9.17) is 9.47 Å². The number of hydrogen-bond acceptors (Lipinski definition) is 7. The summed E-state index contributed by atoms with van der Waals surface area (Å²) in [7, 11) is 0. The van der Waals surface area contributed by atoms with E-state index in [-0.39, 0.29) is 23.4 Å². The van der Waals surface area contributed by atoms with Gasteiger partial charge in [-0.25, -0.2) is 9.59 Å². The molecule has 30 heavy (non-hydrogen) atoms. The van der Waals surface area contributed by atoms with E-state index in [1.807, 2.05) is 20.8 Å². The summed E-state index contributed by atoms with van der Waals surface area (Å²) in [6, 6.07) is 4.23. The lowest BCUT2D eigenvalue weighted by atomic mass is 10.0. The Kier molecular flexibility index (Phi) is 6.95. The van der Waals surface area contributed by atoms with Crippen LogP contribution in [0.25, 0.3) is 0 Å². The van der Waals surface area contributed by atoms with Gasteiger partial charge >= 0.3 is 12.1 Å². The second-order valence-corrected chi connectivity index (χ2v) is 9.38. The van der Waals surface area contributed by atoms with Gasteiger partial charge < -0.3 is 19.7 Å². The molecule has 9 heteroatoms. The Morgan fingerprint density at radius 3 is 2.13 bits per heavy atom. The normalized spacial score (nSPS) is 15.5. The van der Waals surface area contributed by atoms with E-state index in [2.05, 4.69) is 5.32 Å². The summed E-state index contributed by atoms with van der Waals surface area (Å²) in [6.07, 6.45) is 0.905. The number of hydrogen-bond donors (Lipinski definition) is 1. The minimum Gasteiger partial charge on any atom is -0.456 e. The fourth-order valence-electron chi connectivity index (χ4n) is 3.02. The molecule has 1 aliphatic heterocycles. The molecule has 166 valence electrons. The largest absolute Gasteiger partial charge is 0.456 e. The monoisotopic (exact) mass is 421 g/mol. The maximum atomic E-state index is 12.2. The van der Waals surface area contributed by atoms with Gasteiger partial charge in [0.1, 0.15) is 16.9 Å². The van der Waals surface area contributed by atoms with Crippen LogP contribution in [-0.2, 0) is 9.47 Å². The molecule has 1 amide bonds. The van der Waals surface area contributed by atoms with E-state index in [0.29, 0.717) is 31.6 Å². The molecule has 0 unspecified atom stereocenters. The van der Waals surface area contributed by atoms with Crippen molar-refractivity contribution in [3.05, 3.63) is 33.9 Å². The Balaban J connectivity index is 2.04. The first-order chi connectivity index (χ1) is 13.7. The lowest BCUT2D eigenvalue weighted by Crippen LogP contribution is -2.44. The Labute approximate surface area is 176 Å². The Morgan fingerprint density at radius 2 is 1.63 bits per heavy atom. The summed E-state index contributed by atoms with van der Waals surface area (Å²) >= 11 is 0. The number of nitrogens with one attached hydrogen (secondary N) is 1. The zero-order chi connectivity index (χ0) is 22.7. The fourth-order valence-corrected chi connectivity index (χ4v) is 3.02. The van der Waals surface area contributed by atoms with Crippen LogP contribution in [0.4, 0.5) is 16.2 Å². The van der Waals surface area contributed by atoms with Crippen LogP contribution in [0.3, 0.4) is 0 Å². The van der Waals surface area contributed by atoms with Crippen molar-refractivity contribution in [2.24, 2.45) is 0 Å². The van der Waals surface area contributed by atoms with E-state index < -0.39 is 22.1 Å². The van der Waals surface area contributed by atoms with Crippen LogP contribution >= 0.6 is 0 Å². The van der Waals surface area contributed by atoms with Gasteiger partial charge in [-0.3, -0.25) is 10.1 Å². The molecule has 1 aromatic rings. The van der Waals surface area contributed by atoms with Gasteiger partial charge in [0.25, 0.3) is 5.69 Å². The van der Waals surface area contributed by atoms with Crippen molar-refractivity contribution in [3.8, 4) is 0 Å². The molecule has 1 saturated heterocycles. The summed E-state index contributed by atoms with van der Waals surface area (Å²) in [5, 5.41) is 14.7. The number of rotatable bonds is 4. The van der Waals surface area contributed by atoms with E-state index in [1.54, 1.807) is 25.7 Å². The predicted octanol–water partition coefficient (Wildman–Crippen LogP) is 4.36. The number of nitrogens with zero attached hydrogens (tertiary/aromatic N) is 2. The number of carbonyl (C=O) groups excluding carboxylic acids is 2. The Hall–Kier alpha value is -2.84. The molecule has 9 nitrogen and oxygen atoms in total. The van der Waals surface area contributed by atoms with Gasteiger partial charge in [0.2, 0.25) is 0 Å². The molecule has 0 saturated carbocycles. The summed E-state index contributed by atoms with van der Waals surface area (Å²) in [4.78, 5) is 37.1. The number of carbonyl (C=O) groups is 2. The van der Waals surface area contributed by atoms with Crippen molar-refractivity contribution in [2.75, 3.05) is 18.4 Å². The first-order valence-corrected chi connectivity index (χ1v) is 10.0. The van der Waals surface area contributed by atoms with Crippen LogP contribution in [0.2, 0.25) is 0 Å². The topological polar surface area (TPSA) is 111 Å². The standard InChI is InChI=1S/C21H31N3O6/c1-20(2,3)29-18(25)14-7-8-16(17(13-14)24(27)28)22-15-9-11-23(12-10-15)19(26)30-21(4,5)6/h7-8,13,15,22H,9-12H2,1-6H3. The number of nitro benzene ring substituents is 1. The molecule has 2 rings (SSSR count). The number of benzene rings is 1. The molecular weight excluding hydrogens is 390 g/mol. The lowest BCUT2D eigenvalue weighted by molar-refractivity contribution is -0.384. The van der Waals surface area contributed by atoms with Crippen LogP contribution in [0, 0.1) is 10.1 Å². The second kappa shape index (κ2) is 8.89. The molecule has 0 radical (unpaired) electrons. The highest BCUT2D eigenvalue weighted by atomic mass is 16.6. The summed E-state index contributed by atoms with van der Waals surface area (Å²) in [5.41, 5.74) is -0.967. The number of piperidine rings is 1. The van der Waals surface area contributed by atoms with E-state index >= 15 is 0 Å². The van der Waals surface area contributed by atoms with Crippen molar-refractivity contribution >= 4 is 23.4 Å². The minimum absolute atomic E-state index is 0.0326. The lowest BCUT2D eigenvalue weighted by Gasteiger charge is -2.34. The van der Waals surface area contributed by atoms with Crippen molar-refractivity contribution < 1.29 is 24.0 Å². The molecule has 0 bridgehead atoms. The third-order valence-corrected chi connectivity index (χ3v) is 4.34. The fraction of sp³-hybridized carbons (Fsp3) is 0.619. The average Bonchev–Trinajstić information content (AvgIpc) is 2.59. The van der Waals surface area contributed by atoms with Gasteiger partial charge in [-0.2, -0.15) is 0 Å². The highest BCUT2D eigenvalue weighted by Crippen LogP contribution is 2.29. The predicted molar refractivity (Wildman–Crippen MR) is 113 cm³/mol. The molecule has 1 aromatic carbocycles. The molecule has 0 aliphatic carbocycles. The number of anilines is 1. The maximum Gasteiger partial charge on any atom is 0.410 e. The van der Waals surface area contributed by atoms with Crippen molar-refractivity contribution in [1.29, 1.82) is 0 Å². The number of amides is 1. The summed E-state index contributed by atoms with van der Waals surface area (Å²) in [5.74, 6) is -0.609. The maximum absolute atomic E-state index is 12.2. The minimum atomic E-state index is -0.690. The van der Waals surface area contributed by atoms with E-state index in [0.717, 1.165) is 0 Å². The van der Waals surface area contributed by atoms with Gasteiger partial charge in [-0.05, 0) is 66.5 Å². The van der Waals surface area contributed by atoms with Crippen LogP contribution < -0.4 is 5.32 Å². The molecule has 0 atom stereocenters. The molecule has 1 N–H and O–H groups in total. The van der Waals surface area contributed by atoms with Crippen molar-refractivity contribution in [2.45, 2.75) is 71.6 Å². The molecule has 1 fully saturated rings.